The topological polar surface area (TPSA) is 159 Å². The van der Waals surface area contributed by atoms with Crippen LogP contribution in [0, 0.1) is 0 Å². The van der Waals surface area contributed by atoms with Crippen LogP contribution in [0.5, 0.6) is 0 Å². The third kappa shape index (κ3) is 12.2. The number of carbonyl (C=O) groups is 4. The summed E-state index contributed by atoms with van der Waals surface area (Å²) in [6, 6.07) is -2.02. The Morgan fingerprint density at radius 2 is 1.84 bits per heavy atom. The zero-order valence-electron chi connectivity index (χ0n) is 14.3. The van der Waals surface area contributed by atoms with Crippen molar-refractivity contribution in [2.24, 2.45) is 5.73 Å². The molecule has 9 nitrogen and oxygen atoms in total. The van der Waals surface area contributed by atoms with Gasteiger partial charge in [0.25, 0.3) is 0 Å². The van der Waals surface area contributed by atoms with Gasteiger partial charge in [0.05, 0.1) is 0 Å². The molecule has 0 spiro atoms. The third-order valence-electron chi connectivity index (χ3n) is 3.24. The molecule has 0 saturated heterocycles. The maximum absolute atomic E-state index is 12.0. The van der Waals surface area contributed by atoms with Gasteiger partial charge in [-0.2, -0.15) is 11.8 Å². The zero-order chi connectivity index (χ0) is 19.2. The summed E-state index contributed by atoms with van der Waals surface area (Å²) in [6.07, 6.45) is 2.96. The molecule has 2 atom stereocenters. The minimum atomic E-state index is -1.20. The van der Waals surface area contributed by atoms with Crippen molar-refractivity contribution >= 4 is 35.5 Å². The van der Waals surface area contributed by atoms with Crippen LogP contribution in [-0.4, -0.2) is 64.1 Å². The molecule has 0 aromatic heterocycles. The van der Waals surface area contributed by atoms with Crippen molar-refractivity contribution in [3.8, 4) is 0 Å². The highest BCUT2D eigenvalue weighted by molar-refractivity contribution is 7.99. The van der Waals surface area contributed by atoms with E-state index >= 15 is 0 Å². The van der Waals surface area contributed by atoms with Gasteiger partial charge in [-0.3, -0.25) is 19.2 Å². The average Bonchev–Trinajstić information content (AvgIpc) is 2.55. The molecule has 0 fully saturated rings. The van der Waals surface area contributed by atoms with E-state index in [1.54, 1.807) is 0 Å². The summed E-state index contributed by atoms with van der Waals surface area (Å²) in [5.74, 6) is -2.32. The van der Waals surface area contributed by atoms with Gasteiger partial charge in [0.1, 0.15) is 18.6 Å². The minimum absolute atomic E-state index is 0.0473. The summed E-state index contributed by atoms with van der Waals surface area (Å²) in [4.78, 5) is 45.1. The number of unbranched alkanes of at least 4 members (excludes halogenated alkanes) is 2. The fraction of sp³-hybridized carbons (Fsp3) is 0.733. The van der Waals surface area contributed by atoms with Crippen LogP contribution in [0.4, 0.5) is 0 Å². The summed E-state index contributed by atoms with van der Waals surface area (Å²) in [6.45, 7) is 1.55. The van der Waals surface area contributed by atoms with E-state index in [0.29, 0.717) is 5.75 Å². The number of aliphatic carboxylic acids is 2. The van der Waals surface area contributed by atoms with Gasteiger partial charge in [-0.25, -0.2) is 0 Å². The summed E-state index contributed by atoms with van der Waals surface area (Å²) >= 11 is 1.49. The minimum Gasteiger partial charge on any atom is -0.480 e. The Morgan fingerprint density at radius 1 is 1.16 bits per heavy atom. The number of carboxylic acid groups (broad SMARTS) is 2. The van der Waals surface area contributed by atoms with Gasteiger partial charge < -0.3 is 26.6 Å². The highest BCUT2D eigenvalue weighted by atomic mass is 32.2. The maximum Gasteiger partial charge on any atom is 0.322 e. The second-order valence-corrected chi connectivity index (χ2v) is 6.65. The van der Waals surface area contributed by atoms with Gasteiger partial charge in [0, 0.05) is 12.2 Å². The van der Waals surface area contributed by atoms with Crippen LogP contribution in [0.1, 0.15) is 39.0 Å². The van der Waals surface area contributed by atoms with E-state index in [0.717, 1.165) is 25.0 Å². The smallest absolute Gasteiger partial charge is 0.322 e. The number of thioether (sulfide) groups is 1. The normalized spacial score (nSPS) is 12.9. The molecular weight excluding hydrogens is 350 g/mol. The zero-order valence-corrected chi connectivity index (χ0v) is 15.1. The van der Waals surface area contributed by atoms with Crippen molar-refractivity contribution in [1.29, 1.82) is 0 Å². The largest absolute Gasteiger partial charge is 0.480 e. The Kier molecular flexibility index (Phi) is 12.5. The summed E-state index contributed by atoms with van der Waals surface area (Å²) in [5, 5.41) is 22.1. The van der Waals surface area contributed by atoms with Crippen molar-refractivity contribution < 1.29 is 29.4 Å². The first kappa shape index (κ1) is 23.2. The monoisotopic (exact) mass is 377 g/mol. The first-order valence-corrected chi connectivity index (χ1v) is 9.28. The molecule has 0 aliphatic heterocycles. The molecule has 0 radical (unpaired) electrons. The lowest BCUT2D eigenvalue weighted by Gasteiger charge is -2.18. The first-order chi connectivity index (χ1) is 11.8. The molecule has 0 aliphatic rings. The molecule has 0 heterocycles. The number of carboxylic acids is 2. The number of hydrogen-bond donors (Lipinski definition) is 5. The Hall–Kier alpha value is -1.81. The van der Waals surface area contributed by atoms with Crippen LogP contribution in [0.15, 0.2) is 0 Å². The summed E-state index contributed by atoms with van der Waals surface area (Å²) in [7, 11) is 0. The number of amides is 2. The number of nitrogens with one attached hydrogen (secondary N) is 2. The van der Waals surface area contributed by atoms with E-state index in [9.17, 15) is 19.2 Å². The molecule has 25 heavy (non-hydrogen) atoms. The second-order valence-electron chi connectivity index (χ2n) is 5.50. The quantitative estimate of drug-likeness (QED) is 0.260. The lowest BCUT2D eigenvalue weighted by Crippen LogP contribution is -2.49. The Labute approximate surface area is 151 Å². The van der Waals surface area contributed by atoms with Crippen molar-refractivity contribution in [3.05, 3.63) is 0 Å². The third-order valence-corrected chi connectivity index (χ3v) is 4.39. The van der Waals surface area contributed by atoms with Gasteiger partial charge >= 0.3 is 11.9 Å². The van der Waals surface area contributed by atoms with Crippen molar-refractivity contribution in [2.75, 3.05) is 18.1 Å². The molecule has 144 valence electrons. The van der Waals surface area contributed by atoms with E-state index in [1.807, 2.05) is 0 Å². The standard InChI is InChI=1S/C15H27N3O6S/c1-2-3-4-7-25-9-11(14(22)17-8-13(20)21)18-12(19)6-5-10(16)15(23)24/h10-11H,2-9,16H2,1H3,(H,17,22)(H,18,19)(H,20,21)(H,23,24). The number of rotatable bonds is 14. The van der Waals surface area contributed by atoms with E-state index in [4.69, 9.17) is 15.9 Å². The van der Waals surface area contributed by atoms with Crippen LogP contribution in [0.3, 0.4) is 0 Å². The lowest BCUT2D eigenvalue weighted by atomic mass is 10.1. The van der Waals surface area contributed by atoms with E-state index < -0.39 is 42.4 Å². The van der Waals surface area contributed by atoms with Gasteiger partial charge in [-0.1, -0.05) is 19.8 Å². The van der Waals surface area contributed by atoms with Gasteiger partial charge in [-0.05, 0) is 18.6 Å². The average molecular weight is 377 g/mol. The molecule has 2 unspecified atom stereocenters. The lowest BCUT2D eigenvalue weighted by molar-refractivity contribution is -0.139. The van der Waals surface area contributed by atoms with Crippen LogP contribution in [0.25, 0.3) is 0 Å². The van der Waals surface area contributed by atoms with Gasteiger partial charge in [-0.15, -0.1) is 0 Å². The molecular formula is C15H27N3O6S. The maximum atomic E-state index is 12.0. The van der Waals surface area contributed by atoms with Crippen LogP contribution < -0.4 is 16.4 Å². The van der Waals surface area contributed by atoms with Gasteiger partial charge in [0.15, 0.2) is 0 Å². The predicted molar refractivity (Wildman–Crippen MR) is 94.3 cm³/mol. The van der Waals surface area contributed by atoms with E-state index in [1.165, 1.54) is 11.8 Å². The predicted octanol–water partition coefficient (Wildman–Crippen LogP) is -0.212. The van der Waals surface area contributed by atoms with Crippen molar-refractivity contribution in [1.82, 2.24) is 10.6 Å². The molecule has 2 amide bonds. The van der Waals surface area contributed by atoms with Crippen molar-refractivity contribution in [2.45, 2.75) is 51.1 Å². The Balaban J connectivity index is 4.48. The van der Waals surface area contributed by atoms with E-state index in [2.05, 4.69) is 17.6 Å². The first-order valence-electron chi connectivity index (χ1n) is 8.12. The van der Waals surface area contributed by atoms with E-state index in [-0.39, 0.29) is 12.8 Å². The molecule has 0 aromatic carbocycles. The molecule has 0 aliphatic carbocycles. The molecule has 10 heteroatoms. The van der Waals surface area contributed by atoms with Crippen LogP contribution in [-0.2, 0) is 19.2 Å². The molecule has 0 saturated carbocycles. The van der Waals surface area contributed by atoms with Gasteiger partial charge in [0.2, 0.25) is 11.8 Å². The van der Waals surface area contributed by atoms with Crippen LogP contribution >= 0.6 is 11.8 Å². The fourth-order valence-corrected chi connectivity index (χ4v) is 2.85. The number of nitrogens with two attached hydrogens (primary N) is 1. The molecule has 0 aromatic rings. The number of hydrogen-bond acceptors (Lipinski definition) is 6. The summed E-state index contributed by atoms with van der Waals surface area (Å²) in [5.41, 5.74) is 5.33. The number of carbonyl (C=O) groups excluding carboxylic acids is 2. The molecule has 0 rings (SSSR count). The molecule has 6 N–H and O–H groups in total. The highest BCUT2D eigenvalue weighted by Gasteiger charge is 2.22. The summed E-state index contributed by atoms with van der Waals surface area (Å²) < 4.78 is 0. The Bertz CT molecular complexity index is 461. The second kappa shape index (κ2) is 13.5. The fourth-order valence-electron chi connectivity index (χ4n) is 1.80. The van der Waals surface area contributed by atoms with Crippen molar-refractivity contribution in [3.63, 3.8) is 0 Å². The SMILES string of the molecule is CCCCCSCC(NC(=O)CCC(N)C(=O)O)C(=O)NCC(=O)O. The molecule has 0 bridgehead atoms. The highest BCUT2D eigenvalue weighted by Crippen LogP contribution is 2.09. The van der Waals surface area contributed by atoms with Crippen LogP contribution in [0.2, 0.25) is 0 Å². The Morgan fingerprint density at radius 3 is 2.40 bits per heavy atom.